The number of hydrogen-bond acceptors (Lipinski definition) is 1. The molecular formula is C16H23N. The number of rotatable bonds is 0. The molecule has 0 saturated heterocycles. The molecule has 1 nitrogen and oxygen atoms in total. The van der Waals surface area contributed by atoms with Crippen LogP contribution in [0.1, 0.15) is 58.4 Å². The summed E-state index contributed by atoms with van der Waals surface area (Å²) in [5, 5.41) is 0. The summed E-state index contributed by atoms with van der Waals surface area (Å²) in [6.07, 6.45) is 5.36. The number of allylic oxidation sites excluding steroid dienone is 1. The van der Waals surface area contributed by atoms with E-state index in [2.05, 4.69) is 58.7 Å². The lowest BCUT2D eigenvalue weighted by Gasteiger charge is -2.21. The molecule has 0 amide bonds. The van der Waals surface area contributed by atoms with E-state index in [1.807, 2.05) is 6.20 Å². The number of pyridine rings is 1. The Morgan fingerprint density at radius 2 is 1.65 bits per heavy atom. The van der Waals surface area contributed by atoms with Crippen LogP contribution in [0.5, 0.6) is 0 Å². The summed E-state index contributed by atoms with van der Waals surface area (Å²) < 4.78 is 0. The molecule has 0 saturated carbocycles. The van der Waals surface area contributed by atoms with Crippen molar-refractivity contribution in [2.24, 2.45) is 5.41 Å². The third-order valence-corrected chi connectivity index (χ3v) is 3.52. The molecule has 0 spiro atoms. The maximum atomic E-state index is 4.61. The Balaban J connectivity index is 2.35. The molecule has 1 heterocycles. The smallest absolute Gasteiger partial charge is 0.0664 e. The highest BCUT2D eigenvalue weighted by Crippen LogP contribution is 2.36. The van der Waals surface area contributed by atoms with Crippen LogP contribution in [0.25, 0.3) is 6.08 Å². The SMILES string of the molecule is CC(C)(C)C1=Cc2ncc(C(C)(C)C)cc2C1. The monoisotopic (exact) mass is 229 g/mol. The van der Waals surface area contributed by atoms with E-state index < -0.39 is 0 Å². The topological polar surface area (TPSA) is 12.9 Å². The molecule has 0 unspecified atom stereocenters. The van der Waals surface area contributed by atoms with Gasteiger partial charge in [-0.2, -0.15) is 0 Å². The molecule has 1 aromatic rings. The van der Waals surface area contributed by atoms with Gasteiger partial charge in [0.05, 0.1) is 5.69 Å². The quantitative estimate of drug-likeness (QED) is 0.644. The Hall–Kier alpha value is -1.11. The fourth-order valence-corrected chi connectivity index (χ4v) is 2.11. The predicted molar refractivity (Wildman–Crippen MR) is 74.1 cm³/mol. The molecule has 0 aliphatic heterocycles. The average molecular weight is 229 g/mol. The van der Waals surface area contributed by atoms with Crippen molar-refractivity contribution in [3.05, 3.63) is 34.7 Å². The van der Waals surface area contributed by atoms with Gasteiger partial charge in [-0.05, 0) is 34.5 Å². The molecule has 0 radical (unpaired) electrons. The second-order valence-corrected chi connectivity index (χ2v) is 7.11. The second kappa shape index (κ2) is 3.69. The third kappa shape index (κ3) is 2.43. The van der Waals surface area contributed by atoms with E-state index >= 15 is 0 Å². The maximum Gasteiger partial charge on any atom is 0.0664 e. The lowest BCUT2D eigenvalue weighted by Crippen LogP contribution is -2.12. The highest BCUT2D eigenvalue weighted by atomic mass is 14.7. The Kier molecular flexibility index (Phi) is 2.68. The first-order chi connectivity index (χ1) is 7.68. The molecule has 1 aliphatic rings. The van der Waals surface area contributed by atoms with Gasteiger partial charge < -0.3 is 0 Å². The van der Waals surface area contributed by atoms with Crippen LogP contribution in [0.3, 0.4) is 0 Å². The van der Waals surface area contributed by atoms with E-state index in [4.69, 9.17) is 0 Å². The van der Waals surface area contributed by atoms with Gasteiger partial charge in [-0.25, -0.2) is 0 Å². The summed E-state index contributed by atoms with van der Waals surface area (Å²) >= 11 is 0. The van der Waals surface area contributed by atoms with Gasteiger partial charge in [0.15, 0.2) is 0 Å². The van der Waals surface area contributed by atoms with Crippen LogP contribution in [0.15, 0.2) is 17.8 Å². The van der Waals surface area contributed by atoms with Crippen LogP contribution in [-0.4, -0.2) is 4.98 Å². The van der Waals surface area contributed by atoms with Crippen molar-refractivity contribution in [3.8, 4) is 0 Å². The van der Waals surface area contributed by atoms with Crippen LogP contribution >= 0.6 is 0 Å². The zero-order valence-corrected chi connectivity index (χ0v) is 11.9. The van der Waals surface area contributed by atoms with E-state index in [1.54, 1.807) is 0 Å². The van der Waals surface area contributed by atoms with Crippen LogP contribution in [0, 0.1) is 5.41 Å². The van der Waals surface area contributed by atoms with Crippen LogP contribution in [0.2, 0.25) is 0 Å². The Bertz CT molecular complexity index is 467. The standard InChI is InChI=1S/C16H23N/c1-15(2,3)12-7-11-8-13(16(4,5)6)10-17-14(11)9-12/h8-10H,7H2,1-6H3. The number of nitrogens with zero attached hydrogens (tertiary/aromatic N) is 1. The van der Waals surface area contributed by atoms with Gasteiger partial charge in [-0.3, -0.25) is 4.98 Å². The molecule has 2 rings (SSSR count). The second-order valence-electron chi connectivity index (χ2n) is 7.11. The highest BCUT2D eigenvalue weighted by Gasteiger charge is 2.25. The van der Waals surface area contributed by atoms with Crippen LogP contribution < -0.4 is 0 Å². The molecular weight excluding hydrogens is 206 g/mol. The zero-order valence-electron chi connectivity index (χ0n) is 11.9. The van der Waals surface area contributed by atoms with Crippen molar-refractivity contribution in [1.29, 1.82) is 0 Å². The van der Waals surface area contributed by atoms with Gasteiger partial charge in [0, 0.05) is 6.20 Å². The lowest BCUT2D eigenvalue weighted by molar-refractivity contribution is 0.498. The molecule has 0 bridgehead atoms. The van der Waals surface area contributed by atoms with Crippen molar-refractivity contribution >= 4 is 6.08 Å². The molecule has 1 aromatic heterocycles. The fourth-order valence-electron chi connectivity index (χ4n) is 2.11. The number of aromatic nitrogens is 1. The van der Waals surface area contributed by atoms with Crippen molar-refractivity contribution in [1.82, 2.24) is 4.98 Å². The van der Waals surface area contributed by atoms with Crippen molar-refractivity contribution in [2.75, 3.05) is 0 Å². The molecule has 1 aliphatic carbocycles. The lowest BCUT2D eigenvalue weighted by atomic mass is 9.84. The van der Waals surface area contributed by atoms with E-state index in [1.165, 1.54) is 22.4 Å². The first-order valence-corrected chi connectivity index (χ1v) is 6.38. The van der Waals surface area contributed by atoms with E-state index in [-0.39, 0.29) is 10.8 Å². The van der Waals surface area contributed by atoms with Gasteiger partial charge >= 0.3 is 0 Å². The zero-order chi connectivity index (χ0) is 12.8. The summed E-state index contributed by atoms with van der Waals surface area (Å²) in [6.45, 7) is 13.5. The van der Waals surface area contributed by atoms with Crippen LogP contribution in [0.4, 0.5) is 0 Å². The van der Waals surface area contributed by atoms with E-state index in [0.29, 0.717) is 0 Å². The summed E-state index contributed by atoms with van der Waals surface area (Å²) in [5.74, 6) is 0. The van der Waals surface area contributed by atoms with E-state index in [9.17, 15) is 0 Å². The Morgan fingerprint density at radius 3 is 2.18 bits per heavy atom. The first-order valence-electron chi connectivity index (χ1n) is 6.38. The minimum atomic E-state index is 0.187. The molecule has 1 heteroatoms. The van der Waals surface area contributed by atoms with Crippen LogP contribution in [-0.2, 0) is 11.8 Å². The van der Waals surface area contributed by atoms with Gasteiger partial charge in [0.1, 0.15) is 0 Å². The molecule has 0 N–H and O–H groups in total. The normalized spacial score (nSPS) is 15.8. The Morgan fingerprint density at radius 1 is 1.00 bits per heavy atom. The summed E-state index contributed by atoms with van der Waals surface area (Å²) in [5.41, 5.74) is 5.82. The molecule has 17 heavy (non-hydrogen) atoms. The Labute approximate surface area is 105 Å². The summed E-state index contributed by atoms with van der Waals surface area (Å²) in [4.78, 5) is 4.61. The third-order valence-electron chi connectivity index (χ3n) is 3.52. The van der Waals surface area contributed by atoms with Gasteiger partial charge in [0.2, 0.25) is 0 Å². The summed E-state index contributed by atoms with van der Waals surface area (Å²) in [7, 11) is 0. The van der Waals surface area contributed by atoms with Gasteiger partial charge in [-0.1, -0.05) is 53.2 Å². The molecule has 0 fully saturated rings. The average Bonchev–Trinajstić information content (AvgIpc) is 2.57. The minimum Gasteiger partial charge on any atom is -0.256 e. The molecule has 92 valence electrons. The van der Waals surface area contributed by atoms with Gasteiger partial charge in [-0.15, -0.1) is 0 Å². The van der Waals surface area contributed by atoms with Gasteiger partial charge in [0.25, 0.3) is 0 Å². The highest BCUT2D eigenvalue weighted by molar-refractivity contribution is 5.62. The molecule has 0 aromatic carbocycles. The minimum absolute atomic E-state index is 0.187. The van der Waals surface area contributed by atoms with Crippen molar-refractivity contribution in [2.45, 2.75) is 53.4 Å². The maximum absolute atomic E-state index is 4.61. The molecule has 0 atom stereocenters. The van der Waals surface area contributed by atoms with E-state index in [0.717, 1.165) is 6.42 Å². The largest absolute Gasteiger partial charge is 0.256 e. The van der Waals surface area contributed by atoms with Crippen molar-refractivity contribution < 1.29 is 0 Å². The predicted octanol–water partition coefficient (Wildman–Crippen LogP) is 4.36. The van der Waals surface area contributed by atoms with Crippen molar-refractivity contribution in [3.63, 3.8) is 0 Å². The number of hydrogen-bond donors (Lipinski definition) is 0. The fraction of sp³-hybridized carbons (Fsp3) is 0.562. The number of fused-ring (bicyclic) bond motifs is 1. The summed E-state index contributed by atoms with van der Waals surface area (Å²) in [6, 6.07) is 2.33. The first kappa shape index (κ1) is 12.3.